The molecule has 2 fully saturated rings. The average molecular weight is 600 g/mol. The average Bonchev–Trinajstić information content (AvgIpc) is 3.55. The molecule has 1 saturated heterocycles. The van der Waals surface area contributed by atoms with Gasteiger partial charge in [-0.2, -0.15) is 4.39 Å². The van der Waals surface area contributed by atoms with Crippen LogP contribution in [0.5, 0.6) is 0 Å². The number of hydrogen-bond acceptors (Lipinski definition) is 7. The topological polar surface area (TPSA) is 97.8 Å². The van der Waals surface area contributed by atoms with Gasteiger partial charge in [-0.25, -0.2) is 9.29 Å². The van der Waals surface area contributed by atoms with E-state index in [-0.39, 0.29) is 33.9 Å². The quantitative estimate of drug-likeness (QED) is 0.243. The number of hydrogen-bond donors (Lipinski definition) is 1. The minimum Gasteiger partial charge on any atom is -0.469 e. The van der Waals surface area contributed by atoms with Crippen molar-refractivity contribution in [3.63, 3.8) is 0 Å². The predicted molar refractivity (Wildman–Crippen MR) is 153 cm³/mol. The molecule has 2 aliphatic rings. The highest BCUT2D eigenvalue weighted by Gasteiger charge is 2.49. The summed E-state index contributed by atoms with van der Waals surface area (Å²) in [7, 11) is 1.33. The highest BCUT2D eigenvalue weighted by molar-refractivity contribution is 6.34. The number of amides is 1. The van der Waals surface area contributed by atoms with Crippen LogP contribution >= 0.6 is 11.6 Å². The zero-order valence-corrected chi connectivity index (χ0v) is 24.0. The van der Waals surface area contributed by atoms with E-state index in [1.165, 1.54) is 24.3 Å². The summed E-state index contributed by atoms with van der Waals surface area (Å²) in [6.45, 7) is 0.659. The molecular formula is C31H32ClF2N3O5. The molecule has 1 amide bonds. The lowest BCUT2D eigenvalue weighted by atomic mass is 9.87. The molecule has 0 radical (unpaired) electrons. The van der Waals surface area contributed by atoms with Crippen molar-refractivity contribution in [3.05, 3.63) is 70.8 Å². The summed E-state index contributed by atoms with van der Waals surface area (Å²) in [5.74, 6) is -5.68. The van der Waals surface area contributed by atoms with Gasteiger partial charge < -0.3 is 14.8 Å². The Hall–Kier alpha value is -3.47. The fourth-order valence-corrected chi connectivity index (χ4v) is 5.94. The number of carbonyl (C=O) groups is 3. The first-order valence-electron chi connectivity index (χ1n) is 14.1. The number of rotatable bonds is 9. The van der Waals surface area contributed by atoms with E-state index in [4.69, 9.17) is 21.1 Å². The van der Waals surface area contributed by atoms with Crippen LogP contribution < -0.4 is 5.32 Å². The first-order chi connectivity index (χ1) is 20.2. The van der Waals surface area contributed by atoms with E-state index >= 15 is 8.78 Å². The van der Waals surface area contributed by atoms with Crippen molar-refractivity contribution < 1.29 is 32.6 Å². The molecule has 5 rings (SSSR count). The van der Waals surface area contributed by atoms with Gasteiger partial charge >= 0.3 is 11.9 Å². The lowest BCUT2D eigenvalue weighted by Crippen LogP contribution is -2.54. The largest absolute Gasteiger partial charge is 0.469 e. The van der Waals surface area contributed by atoms with Gasteiger partial charge in [-0.1, -0.05) is 35.9 Å². The number of carbonyl (C=O) groups excluding carboxylic acids is 3. The number of esters is 1. The molecule has 8 nitrogen and oxygen atoms in total. The van der Waals surface area contributed by atoms with Crippen molar-refractivity contribution in [2.24, 2.45) is 5.92 Å². The van der Waals surface area contributed by atoms with Crippen molar-refractivity contribution in [2.45, 2.75) is 57.0 Å². The molecule has 222 valence electrons. The van der Waals surface area contributed by atoms with E-state index in [2.05, 4.69) is 10.3 Å². The Kier molecular flexibility index (Phi) is 9.15. The van der Waals surface area contributed by atoms with Crippen LogP contribution in [0.3, 0.4) is 0 Å². The standard InChI is InChI=1S/C31H32ClF2N3O5/c1-41-30(40)20-8-10-22(11-9-20)42-31(34,37-14-4-5-15-37)27(38)17-21-16-24(32)26(18-25(21)33)36-29(39)28-23-7-3-2-6-19(23)12-13-35-28/h2-3,6-7,12-13,16,18,20,22H,4-5,8-11,14-15,17H2,1H3,(H,36,39)/t20-,22-,31?. The molecule has 1 aliphatic heterocycles. The molecule has 2 aromatic carbocycles. The van der Waals surface area contributed by atoms with Crippen molar-refractivity contribution in [1.29, 1.82) is 0 Å². The summed E-state index contributed by atoms with van der Waals surface area (Å²) in [6.07, 6.45) is 3.46. The lowest BCUT2D eigenvalue weighted by molar-refractivity contribution is -0.252. The fourth-order valence-electron chi connectivity index (χ4n) is 5.71. The summed E-state index contributed by atoms with van der Waals surface area (Å²) in [4.78, 5) is 43.8. The number of anilines is 1. The number of benzene rings is 2. The maximum atomic E-state index is 16.5. The molecule has 3 aromatic rings. The summed E-state index contributed by atoms with van der Waals surface area (Å²) in [5.41, 5.74) is 0.0229. The van der Waals surface area contributed by atoms with Crippen molar-refractivity contribution >= 4 is 45.7 Å². The third-order valence-electron chi connectivity index (χ3n) is 8.01. The van der Waals surface area contributed by atoms with E-state index in [1.54, 1.807) is 18.2 Å². The van der Waals surface area contributed by atoms with Gasteiger partial charge in [-0.15, -0.1) is 0 Å². The van der Waals surface area contributed by atoms with E-state index in [0.29, 0.717) is 57.0 Å². The van der Waals surface area contributed by atoms with Gasteiger partial charge in [0.1, 0.15) is 11.5 Å². The summed E-state index contributed by atoms with van der Waals surface area (Å²) in [6, 6.07) is 11.2. The number of alkyl halides is 1. The van der Waals surface area contributed by atoms with E-state index < -0.39 is 36.0 Å². The zero-order chi connectivity index (χ0) is 29.9. The SMILES string of the molecule is COC(=O)[C@H]1CC[C@H](OC(F)(C(=O)Cc2cc(Cl)c(NC(=O)c3nccc4ccccc34)cc2F)N2CCCC2)CC1. The van der Waals surface area contributed by atoms with Crippen molar-refractivity contribution in [2.75, 3.05) is 25.5 Å². The molecule has 0 spiro atoms. The normalized spacial score (nSPS) is 20.7. The minimum absolute atomic E-state index is 0.00484. The van der Waals surface area contributed by atoms with Gasteiger partial charge in [-0.3, -0.25) is 19.4 Å². The third kappa shape index (κ3) is 6.30. The third-order valence-corrected chi connectivity index (χ3v) is 8.33. The Morgan fingerprint density at radius 2 is 1.81 bits per heavy atom. The highest BCUT2D eigenvalue weighted by Crippen LogP contribution is 2.35. The second-order valence-corrected chi connectivity index (χ2v) is 11.1. The maximum Gasteiger partial charge on any atom is 0.330 e. The highest BCUT2D eigenvalue weighted by atomic mass is 35.5. The monoisotopic (exact) mass is 599 g/mol. The first kappa shape index (κ1) is 30.0. The number of Topliss-reactive ketones (excluding diaryl/α,β-unsaturated/α-hetero) is 1. The molecule has 1 saturated carbocycles. The van der Waals surface area contributed by atoms with Gasteiger partial charge in [0.05, 0.1) is 29.8 Å². The molecule has 0 bridgehead atoms. The van der Waals surface area contributed by atoms with Crippen molar-refractivity contribution in [3.8, 4) is 0 Å². The Labute approximate surface area is 247 Å². The van der Waals surface area contributed by atoms with Crippen LogP contribution in [-0.4, -0.2) is 59.8 Å². The van der Waals surface area contributed by atoms with Gasteiger partial charge in [0.25, 0.3) is 5.91 Å². The Morgan fingerprint density at radius 3 is 2.52 bits per heavy atom. The molecular weight excluding hydrogens is 568 g/mol. The predicted octanol–water partition coefficient (Wildman–Crippen LogP) is 5.86. The number of aromatic nitrogens is 1. The molecule has 2 heterocycles. The number of methoxy groups -OCH3 is 1. The number of likely N-dealkylation sites (tertiary alicyclic amines) is 1. The van der Waals surface area contributed by atoms with E-state index in [1.807, 2.05) is 12.1 Å². The fraction of sp³-hybridized carbons (Fsp3) is 0.419. The second-order valence-electron chi connectivity index (χ2n) is 10.7. The molecule has 1 N–H and O–H groups in total. The number of nitrogens with zero attached hydrogens (tertiary/aromatic N) is 2. The summed E-state index contributed by atoms with van der Waals surface area (Å²) in [5, 5.41) is 4.01. The Bertz CT molecular complexity index is 1490. The molecule has 1 aliphatic carbocycles. The minimum atomic E-state index is -2.74. The molecule has 11 heteroatoms. The molecule has 1 atom stereocenters. The van der Waals surface area contributed by atoms with Crippen LogP contribution in [0, 0.1) is 11.7 Å². The molecule has 1 unspecified atom stereocenters. The van der Waals surface area contributed by atoms with Gasteiger partial charge in [-0.05, 0) is 67.7 Å². The van der Waals surface area contributed by atoms with E-state index in [0.717, 1.165) is 11.5 Å². The number of ether oxygens (including phenoxy) is 2. The number of fused-ring (bicyclic) bond motifs is 1. The summed E-state index contributed by atoms with van der Waals surface area (Å²) >= 11 is 6.40. The molecule has 42 heavy (non-hydrogen) atoms. The van der Waals surface area contributed by atoms with Gasteiger partial charge in [0, 0.05) is 31.1 Å². The summed E-state index contributed by atoms with van der Waals surface area (Å²) < 4.78 is 42.4. The number of halogens is 3. The van der Waals surface area contributed by atoms with Crippen LogP contribution in [0.1, 0.15) is 54.6 Å². The Balaban J connectivity index is 1.31. The van der Waals surface area contributed by atoms with E-state index in [9.17, 15) is 14.4 Å². The van der Waals surface area contributed by atoms with Crippen LogP contribution in [-0.2, 0) is 25.5 Å². The van der Waals surface area contributed by atoms with Gasteiger partial charge in [0.2, 0.25) is 5.78 Å². The van der Waals surface area contributed by atoms with Crippen molar-refractivity contribution in [1.82, 2.24) is 9.88 Å². The number of ketones is 1. The van der Waals surface area contributed by atoms with Crippen LogP contribution in [0.15, 0.2) is 48.7 Å². The zero-order valence-electron chi connectivity index (χ0n) is 23.2. The smallest absolute Gasteiger partial charge is 0.330 e. The maximum absolute atomic E-state index is 16.5. The number of nitrogens with one attached hydrogen (secondary N) is 1. The second kappa shape index (κ2) is 12.8. The van der Waals surface area contributed by atoms with Crippen LogP contribution in [0.4, 0.5) is 14.5 Å². The number of pyridine rings is 1. The van der Waals surface area contributed by atoms with Crippen LogP contribution in [0.25, 0.3) is 10.8 Å². The van der Waals surface area contributed by atoms with Gasteiger partial charge in [0.15, 0.2) is 0 Å². The molecule has 1 aromatic heterocycles. The Morgan fingerprint density at radius 1 is 1.10 bits per heavy atom. The van der Waals surface area contributed by atoms with Crippen LogP contribution in [0.2, 0.25) is 5.02 Å². The first-order valence-corrected chi connectivity index (χ1v) is 14.4. The lowest BCUT2D eigenvalue weighted by Gasteiger charge is -2.37.